The molecule has 3 aromatic carbocycles. The third-order valence-corrected chi connectivity index (χ3v) is 9.11. The molecule has 246 valence electrons. The number of carbonyl (C=O) groups is 4. The molecule has 6 N–H and O–H groups in total. The first-order valence-corrected chi connectivity index (χ1v) is 15.0. The predicted molar refractivity (Wildman–Crippen MR) is 161 cm³/mol. The Morgan fingerprint density at radius 3 is 2.38 bits per heavy atom. The molecule has 3 aromatic rings. The third kappa shape index (κ3) is 5.35. The molecule has 1 fully saturated rings. The van der Waals surface area contributed by atoms with Crippen LogP contribution in [0.3, 0.4) is 0 Å². The molecule has 47 heavy (non-hydrogen) atoms. The van der Waals surface area contributed by atoms with Gasteiger partial charge in [0.05, 0.1) is 42.0 Å². The normalized spacial score (nSPS) is 26.5. The molecule has 6 unspecified atom stereocenters. The molecule has 3 aliphatic rings. The van der Waals surface area contributed by atoms with Gasteiger partial charge in [-0.1, -0.05) is 30.3 Å². The standard InChI is InChI=1S/C34H33NO12/c1-15-28(38)19(35-33(43)16-7-4-3-5-8-16)11-23(46-15)47-21-13-34(44,22(37)14-36)12-18-25(21)32(42)27-26(30(18)40)29(39)17-9-6-10-20(45-2)24(17)31(27)41/h3-10,15,19,21,23,28,36,38,40,42,44H,11-14H2,1-2H3,(H,35,43). The number of ketones is 3. The molecule has 1 saturated heterocycles. The molecule has 0 saturated carbocycles. The number of aliphatic hydroxyl groups is 3. The summed E-state index contributed by atoms with van der Waals surface area (Å²) in [4.78, 5) is 53.2. The lowest BCUT2D eigenvalue weighted by atomic mass is 9.72. The molecule has 13 nitrogen and oxygen atoms in total. The van der Waals surface area contributed by atoms with E-state index < -0.39 is 102 Å². The van der Waals surface area contributed by atoms with Crippen LogP contribution in [0.15, 0.2) is 48.5 Å². The van der Waals surface area contributed by atoms with Gasteiger partial charge in [-0.25, -0.2) is 0 Å². The van der Waals surface area contributed by atoms with E-state index >= 15 is 0 Å². The van der Waals surface area contributed by atoms with E-state index in [2.05, 4.69) is 5.32 Å². The van der Waals surface area contributed by atoms with Gasteiger partial charge in [0.1, 0.15) is 35.6 Å². The number of fused-ring (bicyclic) bond motifs is 3. The van der Waals surface area contributed by atoms with Crippen LogP contribution in [0.2, 0.25) is 0 Å². The molecule has 0 bridgehead atoms. The van der Waals surface area contributed by atoms with Crippen molar-refractivity contribution >= 4 is 23.3 Å². The Labute approximate surface area is 268 Å². The Bertz CT molecular complexity index is 1790. The number of methoxy groups -OCH3 is 1. The van der Waals surface area contributed by atoms with Crippen LogP contribution in [0.4, 0.5) is 0 Å². The molecule has 6 atom stereocenters. The van der Waals surface area contributed by atoms with E-state index in [-0.39, 0.29) is 34.4 Å². The summed E-state index contributed by atoms with van der Waals surface area (Å²) in [6.07, 6.45) is -5.91. The van der Waals surface area contributed by atoms with Gasteiger partial charge in [-0.2, -0.15) is 0 Å². The van der Waals surface area contributed by atoms with Gasteiger partial charge in [0.25, 0.3) is 5.91 Å². The minimum Gasteiger partial charge on any atom is -0.507 e. The van der Waals surface area contributed by atoms with Crippen molar-refractivity contribution in [2.75, 3.05) is 13.7 Å². The van der Waals surface area contributed by atoms with E-state index in [4.69, 9.17) is 14.2 Å². The Morgan fingerprint density at radius 2 is 1.70 bits per heavy atom. The summed E-state index contributed by atoms with van der Waals surface area (Å²) in [5, 5.41) is 57.9. The van der Waals surface area contributed by atoms with E-state index in [9.17, 15) is 44.7 Å². The van der Waals surface area contributed by atoms with Gasteiger partial charge in [0.15, 0.2) is 17.9 Å². The molecule has 1 aliphatic heterocycles. The molecule has 2 aliphatic carbocycles. The SMILES string of the molecule is COc1cccc2c1C(=O)c1c(O)c3c(c(O)c1C2=O)CC(O)(C(=O)CO)CC3OC1CC(NC(=O)c2ccccc2)C(O)C(C)O1. The van der Waals surface area contributed by atoms with Crippen molar-refractivity contribution in [1.29, 1.82) is 0 Å². The highest BCUT2D eigenvalue weighted by Crippen LogP contribution is 2.52. The zero-order valence-electron chi connectivity index (χ0n) is 25.4. The zero-order chi connectivity index (χ0) is 33.8. The average molecular weight is 648 g/mol. The molecule has 6 rings (SSSR count). The number of aliphatic hydroxyl groups excluding tert-OH is 2. The van der Waals surface area contributed by atoms with Crippen LogP contribution >= 0.6 is 0 Å². The molecular formula is C34H33NO12. The van der Waals surface area contributed by atoms with Crippen molar-refractivity contribution in [3.63, 3.8) is 0 Å². The quantitative estimate of drug-likeness (QED) is 0.158. The topological polar surface area (TPSA) is 209 Å². The Morgan fingerprint density at radius 1 is 1.00 bits per heavy atom. The fourth-order valence-corrected chi connectivity index (χ4v) is 6.70. The lowest BCUT2D eigenvalue weighted by Gasteiger charge is -2.43. The third-order valence-electron chi connectivity index (χ3n) is 9.11. The second kappa shape index (κ2) is 12.2. The van der Waals surface area contributed by atoms with Crippen LogP contribution in [0.5, 0.6) is 17.2 Å². The van der Waals surface area contributed by atoms with Crippen LogP contribution in [0.1, 0.15) is 79.2 Å². The van der Waals surface area contributed by atoms with Crippen molar-refractivity contribution in [1.82, 2.24) is 5.32 Å². The Kier molecular flexibility index (Phi) is 8.36. The number of nitrogens with one attached hydrogen (secondary N) is 1. The summed E-state index contributed by atoms with van der Waals surface area (Å²) >= 11 is 0. The predicted octanol–water partition coefficient (Wildman–Crippen LogP) is 1.47. The fourth-order valence-electron chi connectivity index (χ4n) is 6.70. The highest BCUT2D eigenvalue weighted by molar-refractivity contribution is 6.31. The zero-order valence-corrected chi connectivity index (χ0v) is 25.4. The maximum atomic E-state index is 13.8. The lowest BCUT2D eigenvalue weighted by molar-refractivity contribution is -0.249. The monoisotopic (exact) mass is 647 g/mol. The molecule has 0 spiro atoms. The van der Waals surface area contributed by atoms with Gasteiger partial charge in [-0.05, 0) is 25.1 Å². The number of amides is 1. The molecule has 1 amide bonds. The first-order valence-electron chi connectivity index (χ1n) is 15.0. The number of rotatable bonds is 7. The molecular weight excluding hydrogens is 614 g/mol. The van der Waals surface area contributed by atoms with E-state index in [0.29, 0.717) is 5.56 Å². The summed E-state index contributed by atoms with van der Waals surface area (Å²) in [5.74, 6) is -4.43. The number of phenolic OH excluding ortho intramolecular Hbond substituents is 2. The first kappa shape index (κ1) is 32.3. The van der Waals surface area contributed by atoms with Crippen molar-refractivity contribution < 1.29 is 58.9 Å². The number of Topliss-reactive ketones (excluding diaryl/α,β-unsaturated/α-hetero) is 1. The average Bonchev–Trinajstić information content (AvgIpc) is 3.06. The van der Waals surface area contributed by atoms with Gasteiger partial charge >= 0.3 is 0 Å². The number of aromatic hydroxyl groups is 2. The van der Waals surface area contributed by atoms with Gasteiger partial charge in [-0.3, -0.25) is 19.2 Å². The fraction of sp³-hybridized carbons (Fsp3) is 0.353. The first-order chi connectivity index (χ1) is 22.4. The second-order valence-electron chi connectivity index (χ2n) is 11.9. The van der Waals surface area contributed by atoms with Crippen molar-refractivity contribution in [3.8, 4) is 17.2 Å². The van der Waals surface area contributed by atoms with E-state index in [1.165, 1.54) is 25.3 Å². The highest BCUT2D eigenvalue weighted by Gasteiger charge is 2.50. The minimum atomic E-state index is -2.31. The van der Waals surface area contributed by atoms with Crippen LogP contribution in [0.25, 0.3) is 0 Å². The van der Waals surface area contributed by atoms with Crippen molar-refractivity contribution in [2.24, 2.45) is 0 Å². The summed E-state index contributed by atoms with van der Waals surface area (Å²) < 4.78 is 17.4. The van der Waals surface area contributed by atoms with E-state index in [0.717, 1.165) is 0 Å². The lowest BCUT2D eigenvalue weighted by Crippen LogP contribution is -2.55. The largest absolute Gasteiger partial charge is 0.507 e. The van der Waals surface area contributed by atoms with Crippen LogP contribution in [-0.4, -0.2) is 92.6 Å². The second-order valence-corrected chi connectivity index (χ2v) is 11.9. The summed E-state index contributed by atoms with van der Waals surface area (Å²) in [5.41, 5.74) is -3.55. The number of carbonyl (C=O) groups excluding carboxylic acids is 4. The van der Waals surface area contributed by atoms with Crippen molar-refractivity contribution in [2.45, 2.75) is 62.4 Å². The van der Waals surface area contributed by atoms with Crippen molar-refractivity contribution in [3.05, 3.63) is 87.5 Å². The number of hydrogen-bond donors (Lipinski definition) is 6. The number of ether oxygens (including phenoxy) is 3. The highest BCUT2D eigenvalue weighted by atomic mass is 16.7. The number of hydrogen-bond acceptors (Lipinski definition) is 12. The Balaban J connectivity index is 1.41. The van der Waals surface area contributed by atoms with Gasteiger partial charge in [0.2, 0.25) is 5.78 Å². The van der Waals surface area contributed by atoms with Crippen LogP contribution < -0.4 is 10.1 Å². The summed E-state index contributed by atoms with van der Waals surface area (Å²) in [7, 11) is 1.31. The number of phenols is 2. The molecule has 1 heterocycles. The van der Waals surface area contributed by atoms with E-state index in [1.54, 1.807) is 37.3 Å². The van der Waals surface area contributed by atoms with Crippen LogP contribution in [0, 0.1) is 0 Å². The number of benzene rings is 3. The minimum absolute atomic E-state index is 0.0746. The smallest absolute Gasteiger partial charge is 0.251 e. The summed E-state index contributed by atoms with van der Waals surface area (Å²) in [6, 6.07) is 11.8. The summed E-state index contributed by atoms with van der Waals surface area (Å²) in [6.45, 7) is 0.495. The molecule has 0 aromatic heterocycles. The van der Waals surface area contributed by atoms with Gasteiger partial charge in [0, 0.05) is 41.5 Å². The van der Waals surface area contributed by atoms with E-state index in [1.807, 2.05) is 0 Å². The molecule has 13 heteroatoms. The Hall–Kier alpha value is -4.66. The maximum absolute atomic E-state index is 13.8. The van der Waals surface area contributed by atoms with Crippen LogP contribution in [-0.2, 0) is 20.7 Å². The maximum Gasteiger partial charge on any atom is 0.251 e. The van der Waals surface area contributed by atoms with Gasteiger partial charge in [-0.15, -0.1) is 0 Å². The van der Waals surface area contributed by atoms with Gasteiger partial charge < -0.3 is 45.1 Å². The molecule has 0 radical (unpaired) electrons.